The predicted molar refractivity (Wildman–Crippen MR) is 38.2 cm³/mol. The van der Waals surface area contributed by atoms with E-state index in [0.29, 0.717) is 0 Å². The Morgan fingerprint density at radius 3 is 2.89 bits per heavy atom. The highest BCUT2D eigenvalue weighted by molar-refractivity contribution is 4.74. The molecule has 1 aliphatic heterocycles. The fourth-order valence-electron chi connectivity index (χ4n) is 1.01. The fourth-order valence-corrected chi connectivity index (χ4v) is 1.01. The average molecular weight is 126 g/mol. The first kappa shape index (κ1) is 6.66. The Kier molecular flexibility index (Phi) is 3.27. The monoisotopic (exact) mass is 126 g/mol. The normalized spacial score (nSPS) is 24.9. The second-order valence-electron chi connectivity index (χ2n) is 2.45. The van der Waals surface area contributed by atoms with Crippen LogP contribution in [0.4, 0.5) is 0 Å². The summed E-state index contributed by atoms with van der Waals surface area (Å²) in [5.41, 5.74) is 0. The standard InChI is InChI=1S/C8H14O/c1-2-4-6-8-9-7-5-3-1/h5,7H,1-4,6,8H2/b7-5-. The van der Waals surface area contributed by atoms with Gasteiger partial charge in [0.2, 0.25) is 0 Å². The van der Waals surface area contributed by atoms with E-state index in [1.165, 1.54) is 32.1 Å². The second kappa shape index (κ2) is 4.42. The summed E-state index contributed by atoms with van der Waals surface area (Å²) in [5.74, 6) is 0. The summed E-state index contributed by atoms with van der Waals surface area (Å²) >= 11 is 0. The maximum atomic E-state index is 5.17. The summed E-state index contributed by atoms with van der Waals surface area (Å²) in [6.45, 7) is 0.913. The summed E-state index contributed by atoms with van der Waals surface area (Å²) in [7, 11) is 0. The molecule has 1 heteroatoms. The highest BCUT2D eigenvalue weighted by Gasteiger charge is 1.90. The molecule has 52 valence electrons. The molecule has 1 rings (SSSR count). The van der Waals surface area contributed by atoms with Gasteiger partial charge < -0.3 is 4.74 Å². The Balaban J connectivity index is 2.15. The molecule has 1 nitrogen and oxygen atoms in total. The van der Waals surface area contributed by atoms with Gasteiger partial charge in [0.25, 0.3) is 0 Å². The third-order valence-corrected chi connectivity index (χ3v) is 1.58. The van der Waals surface area contributed by atoms with Crippen molar-refractivity contribution >= 4 is 0 Å². The first-order chi connectivity index (χ1) is 4.50. The highest BCUT2D eigenvalue weighted by Crippen LogP contribution is 2.06. The number of hydrogen-bond donors (Lipinski definition) is 0. The van der Waals surface area contributed by atoms with E-state index in [9.17, 15) is 0 Å². The topological polar surface area (TPSA) is 9.23 Å². The zero-order valence-corrected chi connectivity index (χ0v) is 5.81. The zero-order chi connectivity index (χ0) is 6.36. The summed E-state index contributed by atoms with van der Waals surface area (Å²) in [4.78, 5) is 0. The Morgan fingerprint density at radius 1 is 1.00 bits per heavy atom. The van der Waals surface area contributed by atoms with Crippen molar-refractivity contribution in [3.05, 3.63) is 12.3 Å². The molecular weight excluding hydrogens is 112 g/mol. The minimum atomic E-state index is 0.913. The van der Waals surface area contributed by atoms with Crippen molar-refractivity contribution in [1.29, 1.82) is 0 Å². The van der Waals surface area contributed by atoms with E-state index in [1.807, 2.05) is 6.26 Å². The van der Waals surface area contributed by atoms with Gasteiger partial charge in [0.1, 0.15) is 0 Å². The van der Waals surface area contributed by atoms with E-state index in [0.717, 1.165) is 6.61 Å². The highest BCUT2D eigenvalue weighted by atomic mass is 16.5. The minimum Gasteiger partial charge on any atom is -0.502 e. The third-order valence-electron chi connectivity index (χ3n) is 1.58. The third kappa shape index (κ3) is 3.17. The van der Waals surface area contributed by atoms with E-state index in [1.54, 1.807) is 0 Å². The molecule has 0 spiro atoms. The van der Waals surface area contributed by atoms with E-state index in [-0.39, 0.29) is 0 Å². The van der Waals surface area contributed by atoms with Crippen LogP contribution >= 0.6 is 0 Å². The number of rotatable bonds is 0. The molecule has 0 radical (unpaired) electrons. The Hall–Kier alpha value is -0.460. The van der Waals surface area contributed by atoms with E-state index < -0.39 is 0 Å². The molecule has 0 amide bonds. The summed E-state index contributed by atoms with van der Waals surface area (Å²) < 4.78 is 5.17. The molecule has 0 aromatic rings. The lowest BCUT2D eigenvalue weighted by Gasteiger charge is -1.96. The van der Waals surface area contributed by atoms with Crippen LogP contribution in [0.15, 0.2) is 12.3 Å². The van der Waals surface area contributed by atoms with Crippen LogP contribution in [0, 0.1) is 0 Å². The molecule has 0 aliphatic carbocycles. The fraction of sp³-hybridized carbons (Fsp3) is 0.750. The zero-order valence-electron chi connectivity index (χ0n) is 5.81. The number of ether oxygens (including phenoxy) is 1. The van der Waals surface area contributed by atoms with Crippen molar-refractivity contribution < 1.29 is 4.74 Å². The van der Waals surface area contributed by atoms with Crippen LogP contribution < -0.4 is 0 Å². The molecule has 0 saturated heterocycles. The second-order valence-corrected chi connectivity index (χ2v) is 2.45. The lowest BCUT2D eigenvalue weighted by molar-refractivity contribution is 0.242. The number of allylic oxidation sites excluding steroid dienone is 1. The van der Waals surface area contributed by atoms with Crippen molar-refractivity contribution in [1.82, 2.24) is 0 Å². The van der Waals surface area contributed by atoms with Crippen molar-refractivity contribution in [3.8, 4) is 0 Å². The van der Waals surface area contributed by atoms with Crippen LogP contribution in [-0.2, 0) is 4.74 Å². The van der Waals surface area contributed by atoms with Crippen LogP contribution in [0.5, 0.6) is 0 Å². The van der Waals surface area contributed by atoms with E-state index in [4.69, 9.17) is 4.74 Å². The molecule has 0 fully saturated rings. The minimum absolute atomic E-state index is 0.913. The summed E-state index contributed by atoms with van der Waals surface area (Å²) in [5, 5.41) is 0. The molecular formula is C8H14O. The van der Waals surface area contributed by atoms with Gasteiger partial charge in [-0.3, -0.25) is 0 Å². The Labute approximate surface area is 56.7 Å². The smallest absolute Gasteiger partial charge is 0.0873 e. The van der Waals surface area contributed by atoms with Crippen molar-refractivity contribution in [3.63, 3.8) is 0 Å². The molecule has 1 aliphatic rings. The van der Waals surface area contributed by atoms with Gasteiger partial charge in [-0.15, -0.1) is 0 Å². The summed E-state index contributed by atoms with van der Waals surface area (Å²) in [6.07, 6.45) is 10.4. The SMILES string of the molecule is C1=C\OCCCCCC/1. The van der Waals surface area contributed by atoms with Crippen molar-refractivity contribution in [2.24, 2.45) is 0 Å². The quantitative estimate of drug-likeness (QED) is 0.484. The van der Waals surface area contributed by atoms with Gasteiger partial charge in [-0.1, -0.05) is 12.8 Å². The van der Waals surface area contributed by atoms with Crippen LogP contribution in [0.2, 0.25) is 0 Å². The Morgan fingerprint density at radius 2 is 1.89 bits per heavy atom. The lowest BCUT2D eigenvalue weighted by Crippen LogP contribution is -1.85. The molecule has 0 saturated carbocycles. The Bertz CT molecular complexity index is 76.6. The largest absolute Gasteiger partial charge is 0.502 e. The van der Waals surface area contributed by atoms with Crippen LogP contribution in [0.1, 0.15) is 32.1 Å². The molecule has 0 N–H and O–H groups in total. The molecule has 0 unspecified atom stereocenters. The van der Waals surface area contributed by atoms with Gasteiger partial charge in [0.15, 0.2) is 0 Å². The van der Waals surface area contributed by atoms with Gasteiger partial charge >= 0.3 is 0 Å². The molecule has 0 atom stereocenters. The van der Waals surface area contributed by atoms with Crippen molar-refractivity contribution in [2.45, 2.75) is 32.1 Å². The molecule has 9 heavy (non-hydrogen) atoms. The predicted octanol–water partition coefficient (Wildman–Crippen LogP) is 2.48. The van der Waals surface area contributed by atoms with Crippen molar-refractivity contribution in [2.75, 3.05) is 6.61 Å². The molecule has 1 heterocycles. The molecule has 0 aromatic heterocycles. The van der Waals surface area contributed by atoms with Gasteiger partial charge in [-0.25, -0.2) is 0 Å². The first-order valence-corrected chi connectivity index (χ1v) is 3.77. The molecule has 0 bridgehead atoms. The van der Waals surface area contributed by atoms with Gasteiger partial charge in [0, 0.05) is 0 Å². The number of hydrogen-bond acceptors (Lipinski definition) is 1. The average Bonchev–Trinajstić information content (AvgIpc) is 2.00. The van der Waals surface area contributed by atoms with Crippen LogP contribution in [-0.4, -0.2) is 6.61 Å². The van der Waals surface area contributed by atoms with E-state index in [2.05, 4.69) is 6.08 Å². The molecule has 0 aromatic carbocycles. The summed E-state index contributed by atoms with van der Waals surface area (Å²) in [6, 6.07) is 0. The van der Waals surface area contributed by atoms with Gasteiger partial charge in [-0.2, -0.15) is 0 Å². The van der Waals surface area contributed by atoms with Gasteiger partial charge in [-0.05, 0) is 25.3 Å². The van der Waals surface area contributed by atoms with Crippen LogP contribution in [0.3, 0.4) is 0 Å². The first-order valence-electron chi connectivity index (χ1n) is 3.77. The van der Waals surface area contributed by atoms with Crippen LogP contribution in [0.25, 0.3) is 0 Å². The van der Waals surface area contributed by atoms with Gasteiger partial charge in [0.05, 0.1) is 12.9 Å². The van der Waals surface area contributed by atoms with E-state index >= 15 is 0 Å². The maximum Gasteiger partial charge on any atom is 0.0873 e. The lowest BCUT2D eigenvalue weighted by atomic mass is 10.1. The maximum absolute atomic E-state index is 5.17.